The van der Waals surface area contributed by atoms with E-state index >= 15 is 0 Å². The number of hydrogen-bond donors (Lipinski definition) is 0. The molecule has 0 N–H and O–H groups in total. The number of morpholine rings is 1. The molecule has 1 aliphatic rings. The summed E-state index contributed by atoms with van der Waals surface area (Å²) < 4.78 is 11.0. The summed E-state index contributed by atoms with van der Waals surface area (Å²) in [7, 11) is 0. The molecule has 1 aromatic carbocycles. The molecular formula is C15H20BrNO3. The number of alkyl halides is 1. The van der Waals surface area contributed by atoms with Gasteiger partial charge < -0.3 is 9.47 Å². The molecule has 20 heavy (non-hydrogen) atoms. The van der Waals surface area contributed by atoms with Gasteiger partial charge in [-0.3, -0.25) is 9.69 Å². The molecule has 0 bridgehead atoms. The fraction of sp³-hybridized carbons (Fsp3) is 0.533. The van der Waals surface area contributed by atoms with Crippen molar-refractivity contribution in [3.8, 4) is 5.75 Å². The molecule has 1 saturated heterocycles. The zero-order valence-corrected chi connectivity index (χ0v) is 13.3. The Kier molecular flexibility index (Phi) is 6.01. The van der Waals surface area contributed by atoms with Crippen LogP contribution in [0.2, 0.25) is 0 Å². The third-order valence-electron chi connectivity index (χ3n) is 3.28. The Hall–Kier alpha value is -0.910. The van der Waals surface area contributed by atoms with E-state index in [1.54, 1.807) is 0 Å². The van der Waals surface area contributed by atoms with Gasteiger partial charge in [0.1, 0.15) is 12.4 Å². The fourth-order valence-electron chi connectivity index (χ4n) is 2.06. The Morgan fingerprint density at radius 1 is 1.35 bits per heavy atom. The van der Waals surface area contributed by atoms with E-state index in [9.17, 15) is 4.79 Å². The van der Waals surface area contributed by atoms with Crippen LogP contribution >= 0.6 is 15.9 Å². The van der Waals surface area contributed by atoms with Gasteiger partial charge in [0, 0.05) is 25.2 Å². The van der Waals surface area contributed by atoms with Crippen molar-refractivity contribution >= 4 is 21.7 Å². The molecule has 4 nitrogen and oxygen atoms in total. The highest BCUT2D eigenvalue weighted by molar-refractivity contribution is 9.10. The van der Waals surface area contributed by atoms with Gasteiger partial charge in [0.15, 0.2) is 5.78 Å². The maximum atomic E-state index is 11.8. The van der Waals surface area contributed by atoms with Crippen LogP contribution in [0, 0.1) is 0 Å². The summed E-state index contributed by atoms with van der Waals surface area (Å²) in [5.74, 6) is 0.891. The van der Waals surface area contributed by atoms with Crippen LogP contribution in [-0.2, 0) is 4.74 Å². The lowest BCUT2D eigenvalue weighted by molar-refractivity contribution is 0.0322. The molecule has 1 aliphatic heterocycles. The third-order valence-corrected chi connectivity index (χ3v) is 3.70. The number of rotatable bonds is 6. The summed E-state index contributed by atoms with van der Waals surface area (Å²) in [5, 5.41) is 0. The number of ketones is 1. The van der Waals surface area contributed by atoms with Crippen molar-refractivity contribution in [3.05, 3.63) is 29.8 Å². The van der Waals surface area contributed by atoms with Crippen LogP contribution in [0.4, 0.5) is 0 Å². The number of halogens is 1. The number of nitrogens with zero attached hydrogens (tertiary/aromatic N) is 1. The van der Waals surface area contributed by atoms with Gasteiger partial charge in [-0.2, -0.15) is 0 Å². The van der Waals surface area contributed by atoms with Crippen molar-refractivity contribution in [2.45, 2.75) is 11.8 Å². The molecule has 1 aromatic rings. The van der Waals surface area contributed by atoms with Gasteiger partial charge in [-0.25, -0.2) is 0 Å². The molecular weight excluding hydrogens is 322 g/mol. The molecule has 1 atom stereocenters. The molecule has 2 rings (SSSR count). The lowest BCUT2D eigenvalue weighted by Crippen LogP contribution is -2.38. The Balaban J connectivity index is 1.77. The summed E-state index contributed by atoms with van der Waals surface area (Å²) in [6.07, 6.45) is 0. The minimum Gasteiger partial charge on any atom is -0.492 e. The van der Waals surface area contributed by atoms with E-state index in [-0.39, 0.29) is 10.6 Å². The van der Waals surface area contributed by atoms with E-state index in [4.69, 9.17) is 9.47 Å². The standard InChI is InChI=1S/C15H20BrNO3/c1-12(16)15(18)13-2-4-14(5-3-13)20-11-8-17-6-9-19-10-7-17/h2-5,12H,6-11H2,1H3. The minimum atomic E-state index is -0.157. The zero-order valence-electron chi connectivity index (χ0n) is 11.7. The first kappa shape index (κ1) is 15.5. The first-order valence-corrected chi connectivity index (χ1v) is 7.79. The normalized spacial score (nSPS) is 17.7. The SMILES string of the molecule is CC(Br)C(=O)c1ccc(OCCN2CCOCC2)cc1. The van der Waals surface area contributed by atoms with E-state index in [0.29, 0.717) is 12.2 Å². The quantitative estimate of drug-likeness (QED) is 0.588. The van der Waals surface area contributed by atoms with E-state index in [2.05, 4.69) is 20.8 Å². The molecule has 0 radical (unpaired) electrons. The van der Waals surface area contributed by atoms with Crippen molar-refractivity contribution in [2.24, 2.45) is 0 Å². The van der Waals surface area contributed by atoms with Gasteiger partial charge >= 0.3 is 0 Å². The summed E-state index contributed by atoms with van der Waals surface area (Å²) in [6, 6.07) is 7.32. The highest BCUT2D eigenvalue weighted by Gasteiger charge is 2.12. The summed E-state index contributed by atoms with van der Waals surface area (Å²) in [6.45, 7) is 6.95. The maximum Gasteiger partial charge on any atom is 0.176 e. The average molecular weight is 342 g/mol. The lowest BCUT2D eigenvalue weighted by Gasteiger charge is -2.26. The van der Waals surface area contributed by atoms with Gasteiger partial charge in [-0.05, 0) is 31.2 Å². The third kappa shape index (κ3) is 4.58. The first-order chi connectivity index (χ1) is 9.66. The molecule has 1 fully saturated rings. The number of Topliss-reactive ketones (excluding diaryl/α,β-unsaturated/α-hetero) is 1. The van der Waals surface area contributed by atoms with Gasteiger partial charge in [0.25, 0.3) is 0 Å². The van der Waals surface area contributed by atoms with E-state index < -0.39 is 0 Å². The Labute approximate surface area is 128 Å². The van der Waals surface area contributed by atoms with Crippen molar-refractivity contribution in [1.82, 2.24) is 4.90 Å². The summed E-state index contributed by atoms with van der Waals surface area (Å²) in [5.41, 5.74) is 0.704. The van der Waals surface area contributed by atoms with Crippen LogP contribution < -0.4 is 4.74 Å². The number of ether oxygens (including phenoxy) is 2. The zero-order chi connectivity index (χ0) is 14.4. The largest absolute Gasteiger partial charge is 0.492 e. The lowest BCUT2D eigenvalue weighted by atomic mass is 10.1. The van der Waals surface area contributed by atoms with Crippen molar-refractivity contribution < 1.29 is 14.3 Å². The number of carbonyl (C=O) groups is 1. The minimum absolute atomic E-state index is 0.0878. The second-order valence-corrected chi connectivity index (χ2v) is 6.18. The number of benzene rings is 1. The average Bonchev–Trinajstić information content (AvgIpc) is 2.48. The molecule has 0 aliphatic carbocycles. The number of hydrogen-bond acceptors (Lipinski definition) is 4. The van der Waals surface area contributed by atoms with Crippen LogP contribution in [0.15, 0.2) is 24.3 Å². The van der Waals surface area contributed by atoms with E-state index in [1.165, 1.54) is 0 Å². The van der Waals surface area contributed by atoms with Crippen LogP contribution in [0.25, 0.3) is 0 Å². The second kappa shape index (κ2) is 7.76. The maximum absolute atomic E-state index is 11.8. The van der Waals surface area contributed by atoms with Gasteiger partial charge in [-0.1, -0.05) is 15.9 Å². The Morgan fingerprint density at radius 3 is 2.60 bits per heavy atom. The van der Waals surface area contributed by atoms with E-state index in [1.807, 2.05) is 31.2 Å². The van der Waals surface area contributed by atoms with Crippen molar-refractivity contribution in [2.75, 3.05) is 39.5 Å². The molecule has 5 heteroatoms. The molecule has 0 saturated carbocycles. The monoisotopic (exact) mass is 341 g/mol. The predicted octanol–water partition coefficient (Wildman–Crippen LogP) is 2.36. The molecule has 0 spiro atoms. The Morgan fingerprint density at radius 2 is 2.00 bits per heavy atom. The van der Waals surface area contributed by atoms with E-state index in [0.717, 1.165) is 38.6 Å². The highest BCUT2D eigenvalue weighted by Crippen LogP contribution is 2.15. The topological polar surface area (TPSA) is 38.8 Å². The van der Waals surface area contributed by atoms with Crippen LogP contribution in [0.5, 0.6) is 5.75 Å². The number of carbonyl (C=O) groups excluding carboxylic acids is 1. The van der Waals surface area contributed by atoms with Gasteiger partial charge in [0.2, 0.25) is 0 Å². The van der Waals surface area contributed by atoms with Gasteiger partial charge in [0.05, 0.1) is 18.0 Å². The smallest absolute Gasteiger partial charge is 0.176 e. The van der Waals surface area contributed by atoms with Crippen LogP contribution in [0.1, 0.15) is 17.3 Å². The highest BCUT2D eigenvalue weighted by atomic mass is 79.9. The summed E-state index contributed by atoms with van der Waals surface area (Å²) in [4.78, 5) is 13.9. The van der Waals surface area contributed by atoms with Crippen LogP contribution in [0.3, 0.4) is 0 Å². The fourth-order valence-corrected chi connectivity index (χ4v) is 2.33. The van der Waals surface area contributed by atoms with Crippen molar-refractivity contribution in [3.63, 3.8) is 0 Å². The van der Waals surface area contributed by atoms with Crippen LogP contribution in [-0.4, -0.2) is 55.0 Å². The summed E-state index contributed by atoms with van der Waals surface area (Å²) >= 11 is 3.28. The Bertz CT molecular complexity index is 427. The van der Waals surface area contributed by atoms with Crippen molar-refractivity contribution in [1.29, 1.82) is 0 Å². The molecule has 1 heterocycles. The predicted molar refractivity (Wildman–Crippen MR) is 81.9 cm³/mol. The first-order valence-electron chi connectivity index (χ1n) is 6.88. The molecule has 0 aromatic heterocycles. The van der Waals surface area contributed by atoms with Gasteiger partial charge in [-0.15, -0.1) is 0 Å². The molecule has 0 amide bonds. The molecule has 110 valence electrons. The molecule has 1 unspecified atom stereocenters. The second-order valence-electron chi connectivity index (χ2n) is 4.81.